The van der Waals surface area contributed by atoms with Crippen LogP contribution in [0.3, 0.4) is 0 Å². The van der Waals surface area contributed by atoms with Crippen LogP contribution in [-0.2, 0) is 17.1 Å². The second-order valence-electron chi connectivity index (χ2n) is 3.50. The van der Waals surface area contributed by atoms with Gasteiger partial charge in [-0.3, -0.25) is 4.79 Å². The molecule has 0 aromatic carbocycles. The van der Waals surface area contributed by atoms with Gasteiger partial charge in [-0.1, -0.05) is 0 Å². The lowest BCUT2D eigenvalue weighted by Gasteiger charge is -2.20. The number of carbonyl (C=O) groups excluding carboxylic acids is 1. The van der Waals surface area contributed by atoms with Crippen molar-refractivity contribution in [3.8, 4) is 0 Å². The zero-order chi connectivity index (χ0) is 13.5. The molecule has 0 aliphatic carbocycles. The summed E-state index contributed by atoms with van der Waals surface area (Å²) in [5, 5.41) is 11.0. The Morgan fingerprint density at radius 1 is 1.61 bits per heavy atom. The molecule has 102 valence electrons. The standard InChI is InChI=1S/C10H13ClF2N2O2S/c11-4-7-6-18-9(14-7)3-10(17)15(1-2-16)5-8(12)13/h6,8,16H,1-5H2. The monoisotopic (exact) mass is 298 g/mol. The molecular weight excluding hydrogens is 286 g/mol. The summed E-state index contributed by atoms with van der Waals surface area (Å²) in [4.78, 5) is 16.8. The zero-order valence-corrected chi connectivity index (χ0v) is 11.1. The van der Waals surface area contributed by atoms with Gasteiger partial charge in [-0.15, -0.1) is 22.9 Å². The highest BCUT2D eigenvalue weighted by Crippen LogP contribution is 2.13. The lowest BCUT2D eigenvalue weighted by atomic mass is 10.3. The third kappa shape index (κ3) is 4.83. The fraction of sp³-hybridized carbons (Fsp3) is 0.600. The van der Waals surface area contributed by atoms with E-state index in [1.54, 1.807) is 5.38 Å². The van der Waals surface area contributed by atoms with E-state index in [1.807, 2.05) is 0 Å². The molecule has 0 saturated carbocycles. The minimum atomic E-state index is -2.62. The SMILES string of the molecule is O=C(Cc1nc(CCl)cs1)N(CCO)CC(F)F. The number of aliphatic hydroxyl groups excluding tert-OH is 1. The third-order valence-corrected chi connectivity index (χ3v) is 3.29. The molecular formula is C10H13ClF2N2O2S. The molecule has 0 radical (unpaired) electrons. The lowest BCUT2D eigenvalue weighted by Crippen LogP contribution is -2.38. The summed E-state index contributed by atoms with van der Waals surface area (Å²) in [5.41, 5.74) is 0.659. The number of carbonyl (C=O) groups is 1. The van der Waals surface area contributed by atoms with Crippen LogP contribution in [0.5, 0.6) is 0 Å². The van der Waals surface area contributed by atoms with E-state index in [-0.39, 0.29) is 25.5 Å². The van der Waals surface area contributed by atoms with Crippen LogP contribution in [0.1, 0.15) is 10.7 Å². The number of alkyl halides is 3. The van der Waals surface area contributed by atoms with E-state index in [1.165, 1.54) is 11.3 Å². The minimum Gasteiger partial charge on any atom is -0.395 e. The van der Waals surface area contributed by atoms with Crippen molar-refractivity contribution in [3.05, 3.63) is 16.1 Å². The summed E-state index contributed by atoms with van der Waals surface area (Å²) >= 11 is 6.84. The van der Waals surface area contributed by atoms with Gasteiger partial charge >= 0.3 is 0 Å². The Morgan fingerprint density at radius 3 is 2.83 bits per heavy atom. The smallest absolute Gasteiger partial charge is 0.255 e. The van der Waals surface area contributed by atoms with Crippen molar-refractivity contribution >= 4 is 28.8 Å². The molecule has 4 nitrogen and oxygen atoms in total. The Balaban J connectivity index is 2.59. The first kappa shape index (κ1) is 15.3. The van der Waals surface area contributed by atoms with Crippen molar-refractivity contribution in [2.24, 2.45) is 0 Å². The minimum absolute atomic E-state index is 0.0473. The Hall–Kier alpha value is -0.790. The molecule has 0 unspecified atom stereocenters. The van der Waals surface area contributed by atoms with Crippen LogP contribution < -0.4 is 0 Å². The first-order valence-electron chi connectivity index (χ1n) is 5.22. The Kier molecular flexibility index (Phi) is 6.45. The topological polar surface area (TPSA) is 53.4 Å². The highest BCUT2D eigenvalue weighted by molar-refractivity contribution is 7.09. The first-order chi connectivity index (χ1) is 8.56. The van der Waals surface area contributed by atoms with Crippen molar-refractivity contribution < 1.29 is 18.7 Å². The predicted octanol–water partition coefficient (Wildman–Crippen LogP) is 1.51. The second-order valence-corrected chi connectivity index (χ2v) is 4.71. The maximum atomic E-state index is 12.3. The quantitative estimate of drug-likeness (QED) is 0.776. The van der Waals surface area contributed by atoms with Gasteiger partial charge in [0.25, 0.3) is 6.43 Å². The van der Waals surface area contributed by atoms with E-state index in [9.17, 15) is 13.6 Å². The fourth-order valence-corrected chi connectivity index (χ4v) is 2.35. The summed E-state index contributed by atoms with van der Waals surface area (Å²) < 4.78 is 24.5. The fourth-order valence-electron chi connectivity index (χ4n) is 1.34. The van der Waals surface area contributed by atoms with Gasteiger partial charge in [-0.25, -0.2) is 13.8 Å². The van der Waals surface area contributed by atoms with Crippen LogP contribution in [0, 0.1) is 0 Å². The van der Waals surface area contributed by atoms with Gasteiger partial charge in [0.05, 0.1) is 31.1 Å². The summed E-state index contributed by atoms with van der Waals surface area (Å²) in [7, 11) is 0. The van der Waals surface area contributed by atoms with Gasteiger partial charge in [-0.05, 0) is 0 Å². The maximum Gasteiger partial charge on any atom is 0.255 e. The number of thiazole rings is 1. The molecule has 8 heteroatoms. The van der Waals surface area contributed by atoms with Gasteiger partial charge in [0.15, 0.2) is 0 Å². The number of aromatic nitrogens is 1. The molecule has 18 heavy (non-hydrogen) atoms. The summed E-state index contributed by atoms with van der Waals surface area (Å²) in [5.74, 6) is -0.220. The van der Waals surface area contributed by atoms with Gasteiger partial charge < -0.3 is 10.0 Å². The number of rotatable bonds is 7. The van der Waals surface area contributed by atoms with Gasteiger partial charge in [0.1, 0.15) is 5.01 Å². The van der Waals surface area contributed by atoms with Crippen molar-refractivity contribution in [2.45, 2.75) is 18.7 Å². The van der Waals surface area contributed by atoms with E-state index in [4.69, 9.17) is 16.7 Å². The first-order valence-corrected chi connectivity index (χ1v) is 6.64. The van der Waals surface area contributed by atoms with Crippen LogP contribution in [-0.4, -0.2) is 47.0 Å². The van der Waals surface area contributed by atoms with Crippen LogP contribution in [0.2, 0.25) is 0 Å². The number of aliphatic hydroxyl groups is 1. The number of halogens is 3. The van der Waals surface area contributed by atoms with E-state index >= 15 is 0 Å². The third-order valence-electron chi connectivity index (χ3n) is 2.12. The average molecular weight is 299 g/mol. The molecule has 0 saturated heterocycles. The van der Waals surface area contributed by atoms with Gasteiger partial charge in [-0.2, -0.15) is 0 Å². The molecule has 1 rings (SSSR count). The molecule has 0 aliphatic heterocycles. The number of nitrogens with zero attached hydrogens (tertiary/aromatic N) is 2. The second kappa shape index (κ2) is 7.60. The largest absolute Gasteiger partial charge is 0.395 e. The number of amides is 1. The van der Waals surface area contributed by atoms with Crippen LogP contribution in [0.25, 0.3) is 0 Å². The van der Waals surface area contributed by atoms with Crippen LogP contribution >= 0.6 is 22.9 Å². The van der Waals surface area contributed by atoms with Crippen LogP contribution in [0.4, 0.5) is 8.78 Å². The summed E-state index contributed by atoms with van der Waals surface area (Å²) in [6, 6.07) is 0. The van der Waals surface area contributed by atoms with E-state index < -0.39 is 18.9 Å². The lowest BCUT2D eigenvalue weighted by molar-refractivity contribution is -0.133. The molecule has 1 aromatic rings. The normalized spacial score (nSPS) is 10.9. The summed E-state index contributed by atoms with van der Waals surface area (Å²) in [6.07, 6.45) is -2.66. The van der Waals surface area contributed by atoms with E-state index in [0.29, 0.717) is 10.7 Å². The molecule has 1 N–H and O–H groups in total. The highest BCUT2D eigenvalue weighted by Gasteiger charge is 2.19. The van der Waals surface area contributed by atoms with Crippen LogP contribution in [0.15, 0.2) is 5.38 Å². The van der Waals surface area contributed by atoms with E-state index in [0.717, 1.165) is 4.90 Å². The molecule has 1 amide bonds. The Bertz CT molecular complexity index is 390. The molecule has 1 aromatic heterocycles. The maximum absolute atomic E-state index is 12.3. The zero-order valence-electron chi connectivity index (χ0n) is 9.48. The Morgan fingerprint density at radius 2 is 2.33 bits per heavy atom. The average Bonchev–Trinajstić information content (AvgIpc) is 2.75. The number of hydrogen-bond donors (Lipinski definition) is 1. The van der Waals surface area contributed by atoms with Gasteiger partial charge in [0.2, 0.25) is 5.91 Å². The molecule has 1 heterocycles. The highest BCUT2D eigenvalue weighted by atomic mass is 35.5. The summed E-state index contributed by atoms with van der Waals surface area (Å²) in [6.45, 7) is -1.12. The van der Waals surface area contributed by atoms with Crippen molar-refractivity contribution in [1.82, 2.24) is 9.88 Å². The molecule has 0 aliphatic rings. The van der Waals surface area contributed by atoms with Gasteiger partial charge in [0, 0.05) is 11.9 Å². The number of hydrogen-bond acceptors (Lipinski definition) is 4. The molecule has 0 fully saturated rings. The molecule has 0 spiro atoms. The Labute approximate surface area is 112 Å². The molecule has 0 bridgehead atoms. The van der Waals surface area contributed by atoms with Crippen molar-refractivity contribution in [2.75, 3.05) is 19.7 Å². The predicted molar refractivity (Wildman–Crippen MR) is 65.0 cm³/mol. The van der Waals surface area contributed by atoms with Crippen molar-refractivity contribution in [3.63, 3.8) is 0 Å². The van der Waals surface area contributed by atoms with Crippen molar-refractivity contribution in [1.29, 1.82) is 0 Å². The molecule has 0 atom stereocenters. The van der Waals surface area contributed by atoms with E-state index in [2.05, 4.69) is 4.98 Å².